The van der Waals surface area contributed by atoms with Crippen molar-refractivity contribution in [3.8, 4) is 40.0 Å². The molecular weight excluding hydrogens is 1420 g/mol. The quantitative estimate of drug-likeness (QED) is 0.0122. The monoisotopic (exact) mass is 1460 g/mol. The van der Waals surface area contributed by atoms with Crippen molar-refractivity contribution in [2.24, 2.45) is 16.8 Å². The third-order valence-corrected chi connectivity index (χ3v) is 13.3. The molecule has 0 atom stereocenters. The molecule has 492 valence electrons. The highest BCUT2D eigenvalue weighted by molar-refractivity contribution is 8.24. The van der Waals surface area contributed by atoms with Gasteiger partial charge in [-0.15, -0.1) is 12.4 Å². The van der Waals surface area contributed by atoms with Gasteiger partial charge in [0.2, 0.25) is 0 Å². The summed E-state index contributed by atoms with van der Waals surface area (Å²) in [5.74, 6) is 4.70. The largest absolute Gasteiger partial charge is 0.478 e. The number of aromatic nitrogens is 4. The number of hydrogen-bond acceptors (Lipinski definition) is 16. The van der Waals surface area contributed by atoms with E-state index in [4.69, 9.17) is 77.9 Å². The van der Waals surface area contributed by atoms with Crippen molar-refractivity contribution in [2.45, 2.75) is 13.8 Å². The molecule has 2 aromatic heterocycles. The number of nitrogen functional groups attached to an aromatic ring is 1. The Kier molecular flexibility index (Phi) is 33.6. The number of hydrazine groups is 1. The van der Waals surface area contributed by atoms with Gasteiger partial charge in [0.25, 0.3) is 0 Å². The number of carboxylic acids is 4. The Morgan fingerprint density at radius 3 is 1.21 bits per heavy atom. The molecular formula is C64H53Cl8N10O12P. The van der Waals surface area contributed by atoms with E-state index in [9.17, 15) is 38.6 Å². The van der Waals surface area contributed by atoms with Gasteiger partial charge < -0.3 is 31.1 Å². The van der Waals surface area contributed by atoms with Crippen molar-refractivity contribution < 1.29 is 59.0 Å². The molecule has 8 aromatic carbocycles. The topological polar surface area (TPSA) is 369 Å². The molecule has 0 aliphatic carbocycles. The van der Waals surface area contributed by atoms with Crippen LogP contribution < -0.4 is 22.6 Å². The van der Waals surface area contributed by atoms with E-state index in [0.29, 0.717) is 88.3 Å². The third-order valence-electron chi connectivity index (χ3n) is 12.0. The van der Waals surface area contributed by atoms with Gasteiger partial charge in [0.05, 0.1) is 71.2 Å². The predicted molar refractivity (Wildman–Crippen MR) is 374 cm³/mol. The maximum absolute atomic E-state index is 11.3. The van der Waals surface area contributed by atoms with E-state index < -0.39 is 29.1 Å². The number of nitriles is 1. The second-order valence-electron chi connectivity index (χ2n) is 18.2. The van der Waals surface area contributed by atoms with Crippen LogP contribution in [0.5, 0.6) is 0 Å². The summed E-state index contributed by atoms with van der Waals surface area (Å²) in [7, 11) is 0. The Hall–Kier alpha value is -9.41. The van der Waals surface area contributed by atoms with Gasteiger partial charge in [-0.05, 0) is 175 Å². The van der Waals surface area contributed by atoms with Crippen LogP contribution in [0.3, 0.4) is 0 Å². The normalized spacial score (nSPS) is 10.1. The number of aldehydes is 1. The van der Waals surface area contributed by atoms with E-state index in [1.54, 1.807) is 128 Å². The molecule has 10 aromatic rings. The number of carbonyl (C=O) groups excluding carboxylic acids is 2. The highest BCUT2D eigenvalue weighted by atomic mass is 36.0. The molecule has 0 aliphatic rings. The fourth-order valence-corrected chi connectivity index (χ4v) is 8.52. The number of carbonyl (C=O) groups is 6. The summed E-state index contributed by atoms with van der Waals surface area (Å²) in [6, 6.07) is 55.8. The summed E-state index contributed by atoms with van der Waals surface area (Å²) >= 11 is 38.0. The lowest BCUT2D eigenvalue weighted by Crippen LogP contribution is -2.06. The number of carboxylic acid groups (broad SMARTS) is 4. The van der Waals surface area contributed by atoms with Crippen molar-refractivity contribution in [1.82, 2.24) is 19.6 Å². The van der Waals surface area contributed by atoms with Gasteiger partial charge in [0.15, 0.2) is 12.1 Å². The molecule has 11 N–H and O–H groups in total. The van der Waals surface area contributed by atoms with Crippen LogP contribution in [0.25, 0.3) is 33.9 Å². The van der Waals surface area contributed by atoms with Crippen LogP contribution in [0.2, 0.25) is 20.1 Å². The first-order chi connectivity index (χ1) is 44.7. The van der Waals surface area contributed by atoms with Gasteiger partial charge in [-0.2, -0.15) is 20.6 Å². The van der Waals surface area contributed by atoms with Crippen molar-refractivity contribution >= 4 is 151 Å². The van der Waals surface area contributed by atoms with Crippen LogP contribution in [-0.2, 0) is 4.57 Å². The summed E-state index contributed by atoms with van der Waals surface area (Å²) in [5.41, 5.74) is 14.1. The van der Waals surface area contributed by atoms with Gasteiger partial charge in [-0.25, -0.2) is 34.4 Å². The SMILES string of the molecule is C/C(=N\Nc1ccc(C(=O)O)cc1)c1ccccc1Cl.CC(=O)c1ccccc1Cl.Cl.N#Cc1cn(-c2ccc(C(=O)O)cc2)nc1-c1ccccc1Cl.NNc1ccc(C(=O)O)cc1.NO.O=Cc1cn(-c2ccc(C(=O)O)cc2)nc1-c1ccccc1Cl.O=P(Cl)(Cl)Cl. The molecule has 2 heterocycles. The number of rotatable bonds is 14. The number of anilines is 2. The highest BCUT2D eigenvalue weighted by Gasteiger charge is 2.17. The van der Waals surface area contributed by atoms with Crippen molar-refractivity contribution in [2.75, 3.05) is 10.9 Å². The molecule has 22 nitrogen and oxygen atoms in total. The number of nitrogens with two attached hydrogens (primary N) is 2. The average molecular weight is 1470 g/mol. The second-order valence-corrected chi connectivity index (χ2v) is 26.5. The van der Waals surface area contributed by atoms with E-state index in [1.807, 2.05) is 37.3 Å². The Bertz CT molecular complexity index is 4350. The fourth-order valence-electron chi connectivity index (χ4n) is 7.53. The van der Waals surface area contributed by atoms with Crippen LogP contribution >= 0.6 is 97.7 Å². The molecule has 0 spiro atoms. The summed E-state index contributed by atoms with van der Waals surface area (Å²) in [6.07, 6.45) is 3.89. The Labute approximate surface area is 583 Å². The van der Waals surface area contributed by atoms with Crippen LogP contribution in [0.4, 0.5) is 11.4 Å². The molecule has 0 aliphatic heterocycles. The van der Waals surface area contributed by atoms with Crippen LogP contribution in [0, 0.1) is 11.3 Å². The maximum Gasteiger partial charge on any atom is 0.339 e. The van der Waals surface area contributed by atoms with E-state index in [0.717, 1.165) is 11.3 Å². The van der Waals surface area contributed by atoms with Gasteiger partial charge in [0, 0.05) is 45.4 Å². The number of hydrazone groups is 1. The lowest BCUT2D eigenvalue weighted by atomic mass is 10.1. The average Bonchev–Trinajstić information content (AvgIpc) is 1.67. The van der Waals surface area contributed by atoms with Gasteiger partial charge >= 0.3 is 29.1 Å². The standard InChI is InChI=1S/C17H10ClN3O2.C17H11ClN2O3.C15H13ClN2O2.C8H7ClO.C7H8N2O2.Cl3OP.ClH.H3NO/c18-15-4-2-1-3-14(15)16-12(9-19)10-21(20-16)13-7-5-11(6-8-13)17(22)23;18-15-4-2-1-3-14(15)16-12(10-21)9-20(19-16)13-7-5-11(6-8-13)17(22)23;1-10(13-4-2-3-5-14(13)16)17-18-12-8-6-11(7-9-12)15(19)20;1-6(10)7-4-2-3-5-8(7)9;8-9-6-3-1-5(2-4-6)7(10)11;1-5(2,3)4;;1-2/h1-8,10H,(H,22,23);1-10H,(H,22,23);2-9,18H,1H3,(H,19,20);2-5H,1H3;1-4,9H,8H2,(H,10,11);;1H;2H,1H2/b;;17-10+;;;;;. The predicted octanol–water partition coefficient (Wildman–Crippen LogP) is 17.1. The minimum Gasteiger partial charge on any atom is -0.478 e. The van der Waals surface area contributed by atoms with Crippen LogP contribution in [0.1, 0.15) is 87.1 Å². The van der Waals surface area contributed by atoms with E-state index in [2.05, 4.69) is 71.8 Å². The zero-order valence-corrected chi connectivity index (χ0v) is 56.1. The number of hydrogen-bond donors (Lipinski definition) is 9. The first-order valence-electron chi connectivity index (χ1n) is 26.3. The van der Waals surface area contributed by atoms with Crippen LogP contribution in [-0.4, -0.2) is 86.9 Å². The number of Topliss-reactive ketones (excluding diaryl/α,β-unsaturated/α-hetero) is 1. The third kappa shape index (κ3) is 25.8. The Morgan fingerprint density at radius 1 is 0.526 bits per heavy atom. The molecule has 0 bridgehead atoms. The van der Waals surface area contributed by atoms with Crippen molar-refractivity contribution in [3.63, 3.8) is 0 Å². The zero-order valence-electron chi connectivity index (χ0n) is 49.1. The summed E-state index contributed by atoms with van der Waals surface area (Å²) in [4.78, 5) is 65.0. The lowest BCUT2D eigenvalue weighted by Gasteiger charge is -2.05. The Morgan fingerprint density at radius 2 is 0.863 bits per heavy atom. The first kappa shape index (κ1) is 79.8. The number of benzene rings is 8. The molecule has 31 heteroatoms. The number of halogens is 8. The smallest absolute Gasteiger partial charge is 0.339 e. The van der Waals surface area contributed by atoms with E-state index >= 15 is 0 Å². The van der Waals surface area contributed by atoms with Gasteiger partial charge in [-0.1, -0.05) is 113 Å². The first-order valence-corrected chi connectivity index (χ1v) is 32.3. The molecule has 0 saturated carbocycles. The minimum atomic E-state index is -3.22. The number of aromatic carboxylic acids is 4. The molecule has 0 unspecified atom stereocenters. The van der Waals surface area contributed by atoms with E-state index in [-0.39, 0.29) is 40.4 Å². The van der Waals surface area contributed by atoms with Gasteiger partial charge in [0.1, 0.15) is 17.5 Å². The molecule has 0 amide bonds. The van der Waals surface area contributed by atoms with Crippen molar-refractivity contribution in [1.29, 1.82) is 5.26 Å². The zero-order chi connectivity index (χ0) is 69.7. The van der Waals surface area contributed by atoms with Crippen LogP contribution in [0.15, 0.2) is 212 Å². The number of nitrogens with zero attached hydrogens (tertiary/aromatic N) is 6. The molecule has 0 fully saturated rings. The number of ketones is 1. The summed E-state index contributed by atoms with van der Waals surface area (Å²) < 4.78 is 12.6. The molecule has 0 saturated heterocycles. The molecule has 0 radical (unpaired) electrons. The minimum absolute atomic E-state index is 0. The summed E-state index contributed by atoms with van der Waals surface area (Å²) in [6.45, 7) is 3.35. The molecule has 10 rings (SSSR count). The lowest BCUT2D eigenvalue weighted by molar-refractivity contribution is 0.0686. The van der Waals surface area contributed by atoms with Crippen molar-refractivity contribution in [3.05, 3.63) is 271 Å². The van der Waals surface area contributed by atoms with Gasteiger partial charge in [-0.3, -0.25) is 25.4 Å². The second kappa shape index (κ2) is 40.0. The highest BCUT2D eigenvalue weighted by Crippen LogP contribution is 2.61. The summed E-state index contributed by atoms with van der Waals surface area (Å²) in [5, 5.41) is 63.0. The number of nitrogens with one attached hydrogen (secondary N) is 2. The fraction of sp³-hybridized carbons (Fsp3) is 0.0312. The maximum atomic E-state index is 11.3. The Balaban J connectivity index is 0.000000310. The molecule has 95 heavy (non-hydrogen) atoms. The van der Waals surface area contributed by atoms with E-state index in [1.165, 1.54) is 64.8 Å².